The fourth-order valence-electron chi connectivity index (χ4n) is 2.48. The zero-order valence-corrected chi connectivity index (χ0v) is 12.0. The van der Waals surface area contributed by atoms with E-state index in [1.807, 2.05) is 46.7 Å². The van der Waals surface area contributed by atoms with Crippen LogP contribution in [-0.4, -0.2) is 37.0 Å². The average molecular weight is 287 g/mol. The number of anilines is 2. The maximum absolute atomic E-state index is 12.3. The molecule has 1 aliphatic heterocycles. The number of hydrogen-bond donors (Lipinski definition) is 1. The van der Waals surface area contributed by atoms with Gasteiger partial charge in [-0.1, -0.05) is 18.2 Å². The Morgan fingerprint density at radius 1 is 1.05 bits per heavy atom. The van der Waals surface area contributed by atoms with Gasteiger partial charge in [-0.2, -0.15) is 0 Å². The fraction of sp³-hybridized carbons (Fsp3) is 0.267. The van der Waals surface area contributed by atoms with Crippen LogP contribution in [0.1, 0.15) is 9.67 Å². The molecule has 104 valence electrons. The lowest BCUT2D eigenvalue weighted by Crippen LogP contribution is -2.48. The zero-order valence-electron chi connectivity index (χ0n) is 11.2. The third-order valence-electron chi connectivity index (χ3n) is 3.58. The fourth-order valence-corrected chi connectivity index (χ4v) is 3.17. The first-order chi connectivity index (χ1) is 9.75. The van der Waals surface area contributed by atoms with Gasteiger partial charge in [0, 0.05) is 26.2 Å². The summed E-state index contributed by atoms with van der Waals surface area (Å²) < 4.78 is 0. The molecule has 1 aromatic carbocycles. The van der Waals surface area contributed by atoms with E-state index in [0.29, 0.717) is 0 Å². The van der Waals surface area contributed by atoms with E-state index >= 15 is 0 Å². The number of nitrogens with two attached hydrogens (primary N) is 1. The largest absolute Gasteiger partial charge is 0.397 e. The third kappa shape index (κ3) is 2.49. The highest BCUT2D eigenvalue weighted by atomic mass is 32.1. The summed E-state index contributed by atoms with van der Waals surface area (Å²) >= 11 is 1.50. The molecule has 0 spiro atoms. The van der Waals surface area contributed by atoms with Crippen LogP contribution >= 0.6 is 11.3 Å². The van der Waals surface area contributed by atoms with Gasteiger partial charge in [0.15, 0.2) is 0 Å². The molecule has 5 heteroatoms. The molecule has 0 atom stereocenters. The molecule has 3 rings (SSSR count). The molecule has 1 fully saturated rings. The molecular weight excluding hydrogens is 270 g/mol. The number of carbonyl (C=O) groups is 1. The predicted octanol–water partition coefficient (Wildman–Crippen LogP) is 2.29. The van der Waals surface area contributed by atoms with E-state index in [-0.39, 0.29) is 5.91 Å². The smallest absolute Gasteiger partial charge is 0.264 e. The van der Waals surface area contributed by atoms with E-state index in [0.717, 1.165) is 42.4 Å². The van der Waals surface area contributed by atoms with E-state index in [1.54, 1.807) is 0 Å². The van der Waals surface area contributed by atoms with Crippen molar-refractivity contribution in [1.82, 2.24) is 4.90 Å². The highest BCUT2D eigenvalue weighted by Crippen LogP contribution is 2.24. The number of benzene rings is 1. The Hall–Kier alpha value is -2.01. The van der Waals surface area contributed by atoms with Crippen LogP contribution in [0.4, 0.5) is 11.4 Å². The maximum Gasteiger partial charge on any atom is 0.264 e. The maximum atomic E-state index is 12.3. The minimum Gasteiger partial charge on any atom is -0.397 e. The van der Waals surface area contributed by atoms with Crippen molar-refractivity contribution in [3.05, 3.63) is 46.7 Å². The molecule has 1 aromatic heterocycles. The minimum absolute atomic E-state index is 0.140. The van der Waals surface area contributed by atoms with Crippen LogP contribution in [0.5, 0.6) is 0 Å². The van der Waals surface area contributed by atoms with E-state index in [4.69, 9.17) is 5.73 Å². The van der Waals surface area contributed by atoms with Crippen molar-refractivity contribution < 1.29 is 4.79 Å². The Morgan fingerprint density at radius 3 is 2.45 bits per heavy atom. The number of hydrogen-bond acceptors (Lipinski definition) is 4. The number of amides is 1. The number of rotatable bonds is 2. The molecular formula is C15H17N3OS. The normalized spacial score (nSPS) is 15.4. The number of nitrogen functional groups attached to an aromatic ring is 1. The van der Waals surface area contributed by atoms with E-state index in [9.17, 15) is 4.79 Å². The molecule has 20 heavy (non-hydrogen) atoms. The summed E-state index contributed by atoms with van der Waals surface area (Å²) in [6.07, 6.45) is 0. The van der Waals surface area contributed by atoms with Crippen molar-refractivity contribution in [1.29, 1.82) is 0 Å². The SMILES string of the molecule is Nc1ccccc1N1CCN(C(=O)c2cccs2)CC1. The van der Waals surface area contributed by atoms with Crippen molar-refractivity contribution in [2.45, 2.75) is 0 Å². The Kier molecular flexibility index (Phi) is 3.60. The van der Waals surface area contributed by atoms with Gasteiger partial charge in [-0.3, -0.25) is 4.79 Å². The zero-order chi connectivity index (χ0) is 13.9. The first-order valence-corrected chi connectivity index (χ1v) is 7.56. The average Bonchev–Trinajstić information content (AvgIpc) is 3.01. The second kappa shape index (κ2) is 5.54. The van der Waals surface area contributed by atoms with Gasteiger partial charge in [0.2, 0.25) is 0 Å². The lowest BCUT2D eigenvalue weighted by atomic mass is 10.2. The van der Waals surface area contributed by atoms with Crippen LogP contribution in [0, 0.1) is 0 Å². The van der Waals surface area contributed by atoms with Crippen LogP contribution in [0.2, 0.25) is 0 Å². The molecule has 0 bridgehead atoms. The lowest BCUT2D eigenvalue weighted by Gasteiger charge is -2.36. The van der Waals surface area contributed by atoms with Crippen molar-refractivity contribution >= 4 is 28.6 Å². The molecule has 2 N–H and O–H groups in total. The second-order valence-corrected chi connectivity index (χ2v) is 5.76. The van der Waals surface area contributed by atoms with Gasteiger partial charge in [0.05, 0.1) is 16.3 Å². The summed E-state index contributed by atoms with van der Waals surface area (Å²) in [5.41, 5.74) is 7.86. The Morgan fingerprint density at radius 2 is 1.80 bits per heavy atom. The van der Waals surface area contributed by atoms with Crippen LogP contribution < -0.4 is 10.6 Å². The van der Waals surface area contributed by atoms with Gasteiger partial charge in [-0.25, -0.2) is 0 Å². The van der Waals surface area contributed by atoms with Gasteiger partial charge in [0.1, 0.15) is 0 Å². The Bertz CT molecular complexity index is 589. The number of para-hydroxylation sites is 2. The summed E-state index contributed by atoms with van der Waals surface area (Å²) in [5.74, 6) is 0.140. The first-order valence-electron chi connectivity index (χ1n) is 6.68. The summed E-state index contributed by atoms with van der Waals surface area (Å²) in [7, 11) is 0. The minimum atomic E-state index is 0.140. The van der Waals surface area contributed by atoms with Gasteiger partial charge in [0.25, 0.3) is 5.91 Å². The van der Waals surface area contributed by atoms with E-state index in [1.165, 1.54) is 11.3 Å². The van der Waals surface area contributed by atoms with Crippen molar-refractivity contribution in [2.75, 3.05) is 36.8 Å². The highest BCUT2D eigenvalue weighted by molar-refractivity contribution is 7.12. The molecule has 0 unspecified atom stereocenters. The van der Waals surface area contributed by atoms with Gasteiger partial charge >= 0.3 is 0 Å². The summed E-state index contributed by atoms with van der Waals surface area (Å²) in [6, 6.07) is 11.7. The van der Waals surface area contributed by atoms with Crippen LogP contribution in [0.15, 0.2) is 41.8 Å². The number of thiophene rings is 1. The van der Waals surface area contributed by atoms with E-state index < -0.39 is 0 Å². The summed E-state index contributed by atoms with van der Waals surface area (Å²) in [6.45, 7) is 3.13. The molecule has 1 saturated heterocycles. The van der Waals surface area contributed by atoms with Crippen LogP contribution in [-0.2, 0) is 0 Å². The number of nitrogens with zero attached hydrogens (tertiary/aromatic N) is 2. The summed E-state index contributed by atoms with van der Waals surface area (Å²) in [4.78, 5) is 17.2. The van der Waals surface area contributed by atoms with E-state index in [2.05, 4.69) is 4.90 Å². The quantitative estimate of drug-likeness (QED) is 0.862. The monoisotopic (exact) mass is 287 g/mol. The van der Waals surface area contributed by atoms with Gasteiger partial charge in [-0.05, 0) is 23.6 Å². The molecule has 2 aromatic rings. The predicted molar refractivity (Wildman–Crippen MR) is 83.3 cm³/mol. The van der Waals surface area contributed by atoms with Gasteiger partial charge in [-0.15, -0.1) is 11.3 Å². The Balaban J connectivity index is 1.65. The molecule has 1 aliphatic rings. The highest BCUT2D eigenvalue weighted by Gasteiger charge is 2.23. The lowest BCUT2D eigenvalue weighted by molar-refractivity contribution is 0.0752. The van der Waals surface area contributed by atoms with Crippen LogP contribution in [0.3, 0.4) is 0 Å². The van der Waals surface area contributed by atoms with Crippen molar-refractivity contribution in [2.24, 2.45) is 0 Å². The third-order valence-corrected chi connectivity index (χ3v) is 4.43. The van der Waals surface area contributed by atoms with Crippen LogP contribution in [0.25, 0.3) is 0 Å². The summed E-state index contributed by atoms with van der Waals surface area (Å²) in [5, 5.41) is 1.94. The molecule has 0 aliphatic carbocycles. The second-order valence-electron chi connectivity index (χ2n) is 4.82. The first kappa shape index (κ1) is 13.0. The number of piperazine rings is 1. The molecule has 1 amide bonds. The molecule has 0 radical (unpaired) electrons. The number of carbonyl (C=O) groups excluding carboxylic acids is 1. The molecule has 0 saturated carbocycles. The topological polar surface area (TPSA) is 49.6 Å². The molecule has 2 heterocycles. The van der Waals surface area contributed by atoms with Crippen molar-refractivity contribution in [3.8, 4) is 0 Å². The standard InChI is InChI=1S/C15H17N3OS/c16-12-4-1-2-5-13(12)17-7-9-18(10-8-17)15(19)14-6-3-11-20-14/h1-6,11H,7-10,16H2. The van der Waals surface area contributed by atoms with Crippen molar-refractivity contribution in [3.63, 3.8) is 0 Å². The van der Waals surface area contributed by atoms with Gasteiger partial charge < -0.3 is 15.5 Å². The Labute approximate surface area is 122 Å². The molecule has 4 nitrogen and oxygen atoms in total.